The van der Waals surface area contributed by atoms with Crippen LogP contribution in [0.2, 0.25) is 5.15 Å². The van der Waals surface area contributed by atoms with Crippen LogP contribution in [0, 0.1) is 6.92 Å². The van der Waals surface area contributed by atoms with Gasteiger partial charge in [0.05, 0.1) is 17.1 Å². The van der Waals surface area contributed by atoms with Gasteiger partial charge in [-0.15, -0.1) is 11.3 Å². The highest BCUT2D eigenvalue weighted by atomic mass is 35.5. The Morgan fingerprint density at radius 1 is 1.24 bits per heavy atom. The predicted octanol–water partition coefficient (Wildman–Crippen LogP) is 3.44. The number of halogens is 1. The first kappa shape index (κ1) is 12.5. The normalized spacial score (nSPS) is 10.8. The van der Waals surface area contributed by atoms with Crippen molar-refractivity contribution in [3.05, 3.63) is 38.8 Å². The molecule has 17 heavy (non-hydrogen) atoms. The van der Waals surface area contributed by atoms with Crippen molar-refractivity contribution in [3.8, 4) is 0 Å². The molecule has 90 valence electrons. The van der Waals surface area contributed by atoms with Gasteiger partial charge in [-0.25, -0.2) is 15.0 Å². The third kappa shape index (κ3) is 3.48. The molecule has 5 heteroatoms. The van der Waals surface area contributed by atoms with Crippen LogP contribution in [-0.4, -0.2) is 15.0 Å². The summed E-state index contributed by atoms with van der Waals surface area (Å²) in [4.78, 5) is 13.1. The molecule has 0 aliphatic heterocycles. The van der Waals surface area contributed by atoms with Crippen LogP contribution < -0.4 is 0 Å². The Hall–Kier alpha value is -1.00. The van der Waals surface area contributed by atoms with Gasteiger partial charge in [-0.3, -0.25) is 0 Å². The van der Waals surface area contributed by atoms with Crippen molar-refractivity contribution in [2.75, 3.05) is 0 Å². The lowest BCUT2D eigenvalue weighted by Crippen LogP contribution is -2.01. The van der Waals surface area contributed by atoms with Crippen molar-refractivity contribution in [2.45, 2.75) is 33.1 Å². The first-order valence-corrected chi connectivity index (χ1v) is 6.86. The number of hydrogen-bond acceptors (Lipinski definition) is 4. The monoisotopic (exact) mass is 267 g/mol. The number of nitrogens with zero attached hydrogens (tertiary/aromatic N) is 3. The molecule has 3 nitrogen and oxygen atoms in total. The minimum atomic E-state index is 0.519. The summed E-state index contributed by atoms with van der Waals surface area (Å²) >= 11 is 7.63. The molecule has 0 saturated carbocycles. The number of aryl methyl sites for hydroxylation is 2. The summed E-state index contributed by atoms with van der Waals surface area (Å²) < 4.78 is 0. The van der Waals surface area contributed by atoms with E-state index in [4.69, 9.17) is 11.6 Å². The second kappa shape index (κ2) is 5.56. The highest BCUT2D eigenvalue weighted by Crippen LogP contribution is 2.14. The SMILES string of the molecule is CCCc1cc(Cl)nc(Cc2csc(C)n2)n1. The summed E-state index contributed by atoms with van der Waals surface area (Å²) in [5, 5.41) is 3.63. The average molecular weight is 268 g/mol. The largest absolute Gasteiger partial charge is 0.246 e. The van der Waals surface area contributed by atoms with Gasteiger partial charge < -0.3 is 0 Å². The fraction of sp³-hybridized carbons (Fsp3) is 0.417. The number of aromatic nitrogens is 3. The van der Waals surface area contributed by atoms with Gasteiger partial charge in [-0.2, -0.15) is 0 Å². The zero-order valence-electron chi connectivity index (χ0n) is 9.90. The van der Waals surface area contributed by atoms with Crippen LogP contribution in [0.15, 0.2) is 11.4 Å². The Morgan fingerprint density at radius 2 is 2.06 bits per heavy atom. The average Bonchev–Trinajstić information content (AvgIpc) is 2.63. The second-order valence-electron chi connectivity index (χ2n) is 3.88. The van der Waals surface area contributed by atoms with Crippen molar-refractivity contribution in [1.29, 1.82) is 0 Å². The zero-order chi connectivity index (χ0) is 12.3. The predicted molar refractivity (Wildman–Crippen MR) is 70.7 cm³/mol. The molecule has 0 saturated heterocycles. The Balaban J connectivity index is 2.20. The molecule has 0 fully saturated rings. The number of hydrogen-bond donors (Lipinski definition) is 0. The van der Waals surface area contributed by atoms with Gasteiger partial charge in [0.1, 0.15) is 11.0 Å². The van der Waals surface area contributed by atoms with E-state index in [1.165, 1.54) is 0 Å². The molecule has 0 N–H and O–H groups in total. The van der Waals surface area contributed by atoms with Crippen molar-refractivity contribution in [3.63, 3.8) is 0 Å². The van der Waals surface area contributed by atoms with E-state index in [2.05, 4.69) is 21.9 Å². The van der Waals surface area contributed by atoms with E-state index >= 15 is 0 Å². The van der Waals surface area contributed by atoms with Gasteiger partial charge in [0.15, 0.2) is 0 Å². The summed E-state index contributed by atoms with van der Waals surface area (Å²) in [5.74, 6) is 0.756. The maximum absolute atomic E-state index is 5.99. The lowest BCUT2D eigenvalue weighted by molar-refractivity contribution is 0.836. The van der Waals surface area contributed by atoms with E-state index in [9.17, 15) is 0 Å². The van der Waals surface area contributed by atoms with Gasteiger partial charge in [-0.1, -0.05) is 24.9 Å². The van der Waals surface area contributed by atoms with Crippen molar-refractivity contribution >= 4 is 22.9 Å². The smallest absolute Gasteiger partial charge is 0.136 e. The lowest BCUT2D eigenvalue weighted by atomic mass is 10.2. The van der Waals surface area contributed by atoms with E-state index in [1.807, 2.05) is 18.4 Å². The van der Waals surface area contributed by atoms with Crippen molar-refractivity contribution in [1.82, 2.24) is 15.0 Å². The summed E-state index contributed by atoms with van der Waals surface area (Å²) in [6, 6.07) is 1.83. The molecule has 2 aromatic heterocycles. The standard InChI is InChI=1S/C12H14ClN3S/c1-3-4-9-5-11(13)16-12(15-9)6-10-7-17-8(2)14-10/h5,7H,3-4,6H2,1-2H3. The highest BCUT2D eigenvalue weighted by molar-refractivity contribution is 7.09. The molecular formula is C12H14ClN3S. The van der Waals surface area contributed by atoms with Gasteiger partial charge in [-0.05, 0) is 19.4 Å². The summed E-state index contributed by atoms with van der Waals surface area (Å²) in [5.41, 5.74) is 2.02. The topological polar surface area (TPSA) is 38.7 Å². The first-order valence-electron chi connectivity index (χ1n) is 5.60. The van der Waals surface area contributed by atoms with Crippen LogP contribution in [0.5, 0.6) is 0 Å². The van der Waals surface area contributed by atoms with Crippen LogP contribution in [0.3, 0.4) is 0 Å². The van der Waals surface area contributed by atoms with Crippen LogP contribution in [0.4, 0.5) is 0 Å². The molecule has 0 amide bonds. The highest BCUT2D eigenvalue weighted by Gasteiger charge is 2.06. The maximum Gasteiger partial charge on any atom is 0.136 e. The fourth-order valence-corrected chi connectivity index (χ4v) is 2.47. The van der Waals surface area contributed by atoms with E-state index in [0.717, 1.165) is 35.1 Å². The van der Waals surface area contributed by atoms with E-state index in [0.29, 0.717) is 11.6 Å². The summed E-state index contributed by atoms with van der Waals surface area (Å²) in [6.07, 6.45) is 2.65. The first-order chi connectivity index (χ1) is 8.17. The van der Waals surface area contributed by atoms with Crippen molar-refractivity contribution < 1.29 is 0 Å². The molecule has 2 aromatic rings. The molecule has 0 radical (unpaired) electrons. The molecule has 0 atom stereocenters. The number of thiazole rings is 1. The third-order valence-corrected chi connectivity index (χ3v) is 3.32. The van der Waals surface area contributed by atoms with Crippen LogP contribution in [-0.2, 0) is 12.8 Å². The molecular weight excluding hydrogens is 254 g/mol. The van der Waals surface area contributed by atoms with E-state index < -0.39 is 0 Å². The molecule has 0 unspecified atom stereocenters. The second-order valence-corrected chi connectivity index (χ2v) is 5.33. The van der Waals surface area contributed by atoms with E-state index in [-0.39, 0.29) is 0 Å². The molecule has 0 aliphatic rings. The quantitative estimate of drug-likeness (QED) is 0.797. The lowest BCUT2D eigenvalue weighted by Gasteiger charge is -2.02. The molecule has 0 aromatic carbocycles. The maximum atomic E-state index is 5.99. The van der Waals surface area contributed by atoms with Crippen LogP contribution >= 0.6 is 22.9 Å². The molecule has 0 spiro atoms. The molecule has 0 aliphatic carbocycles. The minimum Gasteiger partial charge on any atom is -0.246 e. The fourth-order valence-electron chi connectivity index (χ4n) is 1.63. The van der Waals surface area contributed by atoms with E-state index in [1.54, 1.807) is 11.3 Å². The Bertz CT molecular complexity index is 510. The molecule has 2 heterocycles. The van der Waals surface area contributed by atoms with Gasteiger partial charge >= 0.3 is 0 Å². The van der Waals surface area contributed by atoms with Crippen LogP contribution in [0.1, 0.15) is 35.6 Å². The van der Waals surface area contributed by atoms with Gasteiger partial charge in [0, 0.05) is 11.1 Å². The van der Waals surface area contributed by atoms with Crippen molar-refractivity contribution in [2.24, 2.45) is 0 Å². The third-order valence-electron chi connectivity index (χ3n) is 2.31. The minimum absolute atomic E-state index is 0.519. The molecule has 0 bridgehead atoms. The van der Waals surface area contributed by atoms with Gasteiger partial charge in [0.2, 0.25) is 0 Å². The Morgan fingerprint density at radius 3 is 2.71 bits per heavy atom. The number of rotatable bonds is 4. The zero-order valence-corrected chi connectivity index (χ0v) is 11.5. The Labute approximate surface area is 110 Å². The van der Waals surface area contributed by atoms with Crippen LogP contribution in [0.25, 0.3) is 0 Å². The molecule has 2 rings (SSSR count). The summed E-state index contributed by atoms with van der Waals surface area (Å²) in [7, 11) is 0. The van der Waals surface area contributed by atoms with Gasteiger partial charge in [0.25, 0.3) is 0 Å². The summed E-state index contributed by atoms with van der Waals surface area (Å²) in [6.45, 7) is 4.12. The Kier molecular flexibility index (Phi) is 4.07.